The number of hydrogen-bond donors (Lipinski definition) is 0. The van der Waals surface area contributed by atoms with Crippen LogP contribution in [0.5, 0.6) is 0 Å². The van der Waals surface area contributed by atoms with Crippen molar-refractivity contribution in [2.45, 2.75) is 18.7 Å². The molecule has 3 aromatic rings. The fraction of sp³-hybridized carbons (Fsp3) is 0.167. The van der Waals surface area contributed by atoms with E-state index in [0.29, 0.717) is 11.5 Å². The Morgan fingerprint density at radius 1 is 1.04 bits per heavy atom. The van der Waals surface area contributed by atoms with E-state index in [1.54, 1.807) is 0 Å². The molecule has 0 amide bonds. The molecular formula is C18H17NO3S. The Labute approximate surface area is 137 Å². The van der Waals surface area contributed by atoms with Crippen LogP contribution in [0.3, 0.4) is 0 Å². The number of benzene rings is 2. The Kier molecular flexibility index (Phi) is 4.69. The summed E-state index contributed by atoms with van der Waals surface area (Å²) >= 11 is -1.42. The van der Waals surface area contributed by atoms with Gasteiger partial charge in [0, 0.05) is 5.56 Å². The van der Waals surface area contributed by atoms with Gasteiger partial charge in [-0.1, -0.05) is 47.6 Å². The lowest BCUT2D eigenvalue weighted by molar-refractivity contribution is 0.371. The molecule has 0 fully saturated rings. The third-order valence-electron chi connectivity index (χ3n) is 3.47. The van der Waals surface area contributed by atoms with Crippen molar-refractivity contribution in [3.05, 3.63) is 60.4 Å². The van der Waals surface area contributed by atoms with E-state index in [4.69, 9.17) is 8.71 Å². The predicted molar refractivity (Wildman–Crippen MR) is 90.1 cm³/mol. The summed E-state index contributed by atoms with van der Waals surface area (Å²) < 4.78 is 22.4. The number of rotatable bonds is 5. The average Bonchev–Trinajstić information content (AvgIpc) is 2.97. The van der Waals surface area contributed by atoms with E-state index >= 15 is 0 Å². The fourth-order valence-corrected chi connectivity index (χ4v) is 3.12. The van der Waals surface area contributed by atoms with E-state index < -0.39 is 11.1 Å². The van der Waals surface area contributed by atoms with Gasteiger partial charge >= 0.3 is 0 Å². The van der Waals surface area contributed by atoms with Gasteiger partial charge in [0.25, 0.3) is 0 Å². The molecule has 3 rings (SSSR count). The third-order valence-corrected chi connectivity index (χ3v) is 4.58. The maximum atomic E-state index is 11.9. The van der Waals surface area contributed by atoms with Crippen LogP contribution in [0.2, 0.25) is 0 Å². The van der Waals surface area contributed by atoms with Crippen LogP contribution in [-0.2, 0) is 15.3 Å². The molecule has 0 saturated heterocycles. The minimum Gasteiger partial charge on any atom is -0.360 e. The van der Waals surface area contributed by atoms with Gasteiger partial charge in [0.05, 0.1) is 17.1 Å². The van der Waals surface area contributed by atoms with Crippen molar-refractivity contribution in [3.63, 3.8) is 0 Å². The molecule has 0 aliphatic rings. The first kappa shape index (κ1) is 15.6. The molecule has 0 spiro atoms. The Balaban J connectivity index is 2.00. The highest BCUT2D eigenvalue weighted by Crippen LogP contribution is 2.34. The molecule has 0 unspecified atom stereocenters. The second-order valence-electron chi connectivity index (χ2n) is 4.99. The lowest BCUT2D eigenvalue weighted by atomic mass is 10.00. The maximum Gasteiger partial charge on any atom is 0.189 e. The molecule has 1 aromatic heterocycles. The highest BCUT2D eigenvalue weighted by molar-refractivity contribution is 7.80. The summed E-state index contributed by atoms with van der Waals surface area (Å²) in [5.74, 6) is 0.752. The lowest BCUT2D eigenvalue weighted by Crippen LogP contribution is -1.97. The van der Waals surface area contributed by atoms with E-state index in [1.807, 2.05) is 68.4 Å². The van der Waals surface area contributed by atoms with Gasteiger partial charge < -0.3 is 4.52 Å². The summed E-state index contributed by atoms with van der Waals surface area (Å²) in [6.07, 6.45) is 0. The largest absolute Gasteiger partial charge is 0.360 e. The van der Waals surface area contributed by atoms with Crippen LogP contribution in [-0.4, -0.2) is 16.0 Å². The average molecular weight is 327 g/mol. The Hall–Kier alpha value is -2.24. The number of aromatic nitrogens is 1. The second-order valence-corrected chi connectivity index (χ2v) is 6.17. The van der Waals surface area contributed by atoms with Crippen molar-refractivity contribution < 1.29 is 12.9 Å². The van der Waals surface area contributed by atoms with Gasteiger partial charge in [-0.2, -0.15) is 0 Å². The van der Waals surface area contributed by atoms with Crippen molar-refractivity contribution in [1.29, 1.82) is 0 Å². The normalized spacial score (nSPS) is 12.3. The van der Waals surface area contributed by atoms with Gasteiger partial charge in [0.2, 0.25) is 0 Å². The zero-order chi connectivity index (χ0) is 16.2. The van der Waals surface area contributed by atoms with Gasteiger partial charge in [0.1, 0.15) is 11.5 Å². The van der Waals surface area contributed by atoms with Crippen LogP contribution in [0.4, 0.5) is 0 Å². The molecule has 1 atom stereocenters. The minimum atomic E-state index is -1.42. The topological polar surface area (TPSA) is 52.3 Å². The minimum absolute atomic E-state index is 0.414. The molecule has 1 heterocycles. The van der Waals surface area contributed by atoms with Gasteiger partial charge in [0.15, 0.2) is 11.1 Å². The summed E-state index contributed by atoms with van der Waals surface area (Å²) in [6, 6.07) is 17.3. The molecule has 5 heteroatoms. The summed E-state index contributed by atoms with van der Waals surface area (Å²) in [5, 5.41) is 4.19. The van der Waals surface area contributed by atoms with Crippen molar-refractivity contribution in [2.24, 2.45) is 0 Å². The SMILES string of the molecule is CCO[S@@](=O)c1ccc(-c2c(-c3ccccc3)noc2C)cc1. The van der Waals surface area contributed by atoms with Crippen molar-refractivity contribution in [2.75, 3.05) is 6.61 Å². The summed E-state index contributed by atoms with van der Waals surface area (Å²) in [7, 11) is 0. The zero-order valence-corrected chi connectivity index (χ0v) is 13.8. The molecule has 23 heavy (non-hydrogen) atoms. The third kappa shape index (κ3) is 3.25. The number of nitrogens with zero attached hydrogens (tertiary/aromatic N) is 1. The first-order valence-corrected chi connectivity index (χ1v) is 8.45. The van der Waals surface area contributed by atoms with Crippen LogP contribution in [0.25, 0.3) is 22.4 Å². The van der Waals surface area contributed by atoms with E-state index in [9.17, 15) is 4.21 Å². The molecule has 0 aliphatic heterocycles. The zero-order valence-electron chi connectivity index (χ0n) is 13.0. The molecular weight excluding hydrogens is 310 g/mol. The molecule has 0 aliphatic carbocycles. The highest BCUT2D eigenvalue weighted by atomic mass is 32.2. The van der Waals surface area contributed by atoms with Gasteiger partial charge in [-0.25, -0.2) is 4.21 Å². The predicted octanol–water partition coefficient (Wildman–Crippen LogP) is 4.38. The van der Waals surface area contributed by atoms with Crippen molar-refractivity contribution in [1.82, 2.24) is 5.16 Å². The number of hydrogen-bond acceptors (Lipinski definition) is 4. The smallest absolute Gasteiger partial charge is 0.189 e. The monoisotopic (exact) mass is 327 g/mol. The van der Waals surface area contributed by atoms with Gasteiger partial charge in [-0.3, -0.25) is 4.18 Å². The van der Waals surface area contributed by atoms with Crippen LogP contribution < -0.4 is 0 Å². The van der Waals surface area contributed by atoms with Crippen LogP contribution in [0.15, 0.2) is 64.0 Å². The lowest BCUT2D eigenvalue weighted by Gasteiger charge is -2.05. The van der Waals surface area contributed by atoms with Crippen LogP contribution in [0.1, 0.15) is 12.7 Å². The van der Waals surface area contributed by atoms with E-state index in [1.165, 1.54) is 0 Å². The molecule has 0 radical (unpaired) electrons. The Bertz CT molecular complexity index is 810. The summed E-state index contributed by atoms with van der Waals surface area (Å²) in [5.41, 5.74) is 3.73. The molecule has 2 aromatic carbocycles. The standard InChI is InChI=1S/C18H17NO3S/c1-3-21-23(20)16-11-9-14(10-12-16)17-13(2)22-19-18(17)15-7-5-4-6-8-15/h4-12H,3H2,1-2H3/t23-/m1/s1. The van der Waals surface area contributed by atoms with Crippen LogP contribution in [0, 0.1) is 6.92 Å². The molecule has 4 nitrogen and oxygen atoms in total. The highest BCUT2D eigenvalue weighted by Gasteiger charge is 2.16. The van der Waals surface area contributed by atoms with Crippen LogP contribution >= 0.6 is 0 Å². The first-order chi connectivity index (χ1) is 11.2. The molecule has 118 valence electrons. The van der Waals surface area contributed by atoms with E-state index in [-0.39, 0.29) is 0 Å². The van der Waals surface area contributed by atoms with Gasteiger partial charge in [-0.05, 0) is 31.5 Å². The summed E-state index contributed by atoms with van der Waals surface area (Å²) in [4.78, 5) is 0.644. The molecule has 0 N–H and O–H groups in total. The molecule has 0 bridgehead atoms. The summed E-state index contributed by atoms with van der Waals surface area (Å²) in [6.45, 7) is 4.12. The first-order valence-electron chi connectivity index (χ1n) is 7.38. The van der Waals surface area contributed by atoms with E-state index in [0.717, 1.165) is 28.1 Å². The molecule has 0 saturated carbocycles. The van der Waals surface area contributed by atoms with Gasteiger partial charge in [-0.15, -0.1) is 0 Å². The fourth-order valence-electron chi connectivity index (χ4n) is 2.41. The van der Waals surface area contributed by atoms with Crippen molar-refractivity contribution in [3.8, 4) is 22.4 Å². The number of aryl methyl sites for hydroxylation is 1. The Morgan fingerprint density at radius 2 is 1.74 bits per heavy atom. The Morgan fingerprint density at radius 3 is 2.39 bits per heavy atom. The van der Waals surface area contributed by atoms with Crippen molar-refractivity contribution >= 4 is 11.1 Å². The second kappa shape index (κ2) is 6.89. The quantitative estimate of drug-likeness (QED) is 0.698. The van der Waals surface area contributed by atoms with E-state index in [2.05, 4.69) is 5.16 Å². The maximum absolute atomic E-state index is 11.9.